The molecule has 1 atom stereocenters. The lowest BCUT2D eigenvalue weighted by molar-refractivity contribution is -0.121. The van der Waals surface area contributed by atoms with E-state index in [2.05, 4.69) is 10.6 Å². The summed E-state index contributed by atoms with van der Waals surface area (Å²) in [5, 5.41) is 5.91. The molecule has 3 amide bonds. The third-order valence-corrected chi connectivity index (χ3v) is 5.28. The van der Waals surface area contributed by atoms with Crippen LogP contribution in [0.1, 0.15) is 31.2 Å². The Bertz CT molecular complexity index is 810. The van der Waals surface area contributed by atoms with Gasteiger partial charge in [0.1, 0.15) is 5.75 Å². The summed E-state index contributed by atoms with van der Waals surface area (Å²) in [7, 11) is 1.63. The van der Waals surface area contributed by atoms with Gasteiger partial charge in [0.25, 0.3) is 0 Å². The van der Waals surface area contributed by atoms with E-state index in [0.29, 0.717) is 25.4 Å². The highest BCUT2D eigenvalue weighted by Crippen LogP contribution is 2.22. The number of anilines is 1. The summed E-state index contributed by atoms with van der Waals surface area (Å²) in [6.45, 7) is 1.91. The van der Waals surface area contributed by atoms with Crippen LogP contribution in [-0.2, 0) is 11.3 Å². The third kappa shape index (κ3) is 6.24. The lowest BCUT2D eigenvalue weighted by Gasteiger charge is -2.32. The number of nitrogens with one attached hydrogen (secondary N) is 2. The van der Waals surface area contributed by atoms with Crippen LogP contribution in [0.5, 0.6) is 5.75 Å². The van der Waals surface area contributed by atoms with Gasteiger partial charge < -0.3 is 20.3 Å². The zero-order chi connectivity index (χ0) is 20.5. The molecule has 2 aromatic carbocycles. The average molecular weight is 396 g/mol. The molecule has 6 heteroatoms. The minimum Gasteiger partial charge on any atom is -0.496 e. The van der Waals surface area contributed by atoms with Crippen LogP contribution >= 0.6 is 0 Å². The fraction of sp³-hybridized carbons (Fsp3) is 0.391. The van der Waals surface area contributed by atoms with Gasteiger partial charge in [0.2, 0.25) is 5.91 Å². The van der Waals surface area contributed by atoms with Gasteiger partial charge in [0, 0.05) is 37.3 Å². The van der Waals surface area contributed by atoms with Gasteiger partial charge in [-0.3, -0.25) is 4.79 Å². The van der Waals surface area contributed by atoms with E-state index in [4.69, 9.17) is 4.74 Å². The van der Waals surface area contributed by atoms with Gasteiger partial charge in [-0.2, -0.15) is 0 Å². The minimum atomic E-state index is -0.0680. The molecule has 0 saturated carbocycles. The monoisotopic (exact) mass is 395 g/mol. The van der Waals surface area contributed by atoms with E-state index >= 15 is 0 Å². The molecule has 0 spiro atoms. The number of urea groups is 1. The molecule has 0 unspecified atom stereocenters. The van der Waals surface area contributed by atoms with E-state index in [1.165, 1.54) is 0 Å². The van der Waals surface area contributed by atoms with Crippen molar-refractivity contribution in [3.63, 3.8) is 0 Å². The summed E-state index contributed by atoms with van der Waals surface area (Å²) in [4.78, 5) is 26.6. The lowest BCUT2D eigenvalue weighted by atomic mass is 9.93. The first-order chi connectivity index (χ1) is 14.2. The van der Waals surface area contributed by atoms with Crippen molar-refractivity contribution < 1.29 is 14.3 Å². The minimum absolute atomic E-state index is 0.0294. The van der Waals surface area contributed by atoms with E-state index in [0.717, 1.165) is 42.8 Å². The zero-order valence-corrected chi connectivity index (χ0v) is 16.9. The predicted octanol–water partition coefficient (Wildman–Crippen LogP) is 4.04. The summed E-state index contributed by atoms with van der Waals surface area (Å²) in [6.07, 6.45) is 3.27. The number of methoxy groups -OCH3 is 1. The number of likely N-dealkylation sites (tertiary alicyclic amines) is 1. The molecular weight excluding hydrogens is 366 g/mol. The molecule has 2 aromatic rings. The highest BCUT2D eigenvalue weighted by atomic mass is 16.5. The smallest absolute Gasteiger partial charge is 0.321 e. The topological polar surface area (TPSA) is 70.7 Å². The molecule has 1 aliphatic rings. The Balaban J connectivity index is 1.42. The Hall–Kier alpha value is -3.02. The summed E-state index contributed by atoms with van der Waals surface area (Å²) < 4.78 is 5.31. The number of para-hydroxylation sites is 2. The molecule has 0 aliphatic carbocycles. The number of hydrogen-bond donors (Lipinski definition) is 2. The van der Waals surface area contributed by atoms with E-state index in [9.17, 15) is 9.59 Å². The molecule has 1 saturated heterocycles. The van der Waals surface area contributed by atoms with Crippen molar-refractivity contribution in [1.82, 2.24) is 10.2 Å². The van der Waals surface area contributed by atoms with E-state index < -0.39 is 0 Å². The first-order valence-corrected chi connectivity index (χ1v) is 10.2. The first-order valence-electron chi connectivity index (χ1n) is 10.2. The molecule has 154 valence electrons. The zero-order valence-electron chi connectivity index (χ0n) is 16.9. The van der Waals surface area contributed by atoms with Crippen molar-refractivity contribution in [3.8, 4) is 5.75 Å². The summed E-state index contributed by atoms with van der Waals surface area (Å²) in [5.41, 5.74) is 1.76. The van der Waals surface area contributed by atoms with Gasteiger partial charge in [0.15, 0.2) is 0 Å². The molecule has 6 nitrogen and oxygen atoms in total. The molecule has 0 aromatic heterocycles. The highest BCUT2D eigenvalue weighted by molar-refractivity contribution is 5.89. The largest absolute Gasteiger partial charge is 0.496 e. The number of benzene rings is 2. The fourth-order valence-corrected chi connectivity index (χ4v) is 3.68. The normalized spacial score (nSPS) is 16.2. The Labute approximate surface area is 172 Å². The van der Waals surface area contributed by atoms with Gasteiger partial charge >= 0.3 is 6.03 Å². The maximum Gasteiger partial charge on any atom is 0.321 e. The molecule has 1 aliphatic heterocycles. The van der Waals surface area contributed by atoms with Crippen molar-refractivity contribution in [2.45, 2.75) is 32.2 Å². The Morgan fingerprint density at radius 1 is 1.10 bits per heavy atom. The Kier molecular flexibility index (Phi) is 7.50. The number of nitrogens with zero attached hydrogens (tertiary/aromatic N) is 1. The average Bonchev–Trinajstić information content (AvgIpc) is 2.77. The van der Waals surface area contributed by atoms with Gasteiger partial charge in [-0.25, -0.2) is 4.79 Å². The Morgan fingerprint density at radius 3 is 2.66 bits per heavy atom. The molecule has 0 bridgehead atoms. The van der Waals surface area contributed by atoms with E-state index in [1.54, 1.807) is 7.11 Å². The van der Waals surface area contributed by atoms with Crippen LogP contribution < -0.4 is 15.4 Å². The quantitative estimate of drug-likeness (QED) is 0.743. The van der Waals surface area contributed by atoms with Crippen LogP contribution in [0.2, 0.25) is 0 Å². The second-order valence-electron chi connectivity index (χ2n) is 7.38. The van der Waals surface area contributed by atoms with Crippen molar-refractivity contribution in [1.29, 1.82) is 0 Å². The van der Waals surface area contributed by atoms with Crippen molar-refractivity contribution in [2.75, 3.05) is 25.5 Å². The standard InChI is InChI=1S/C23H29N3O3/c1-29-21-12-6-5-9-19(21)16-24-22(27)14-13-18-8-7-15-26(17-18)23(28)25-20-10-3-2-4-11-20/h2-6,9-12,18H,7-8,13-17H2,1H3,(H,24,27)(H,25,28)/t18-/m1/s1. The van der Waals surface area contributed by atoms with Gasteiger partial charge in [-0.1, -0.05) is 36.4 Å². The SMILES string of the molecule is COc1ccccc1CNC(=O)CC[C@H]1CCCN(C(=O)Nc2ccccc2)C1. The van der Waals surface area contributed by atoms with Crippen molar-refractivity contribution in [3.05, 3.63) is 60.2 Å². The molecule has 29 heavy (non-hydrogen) atoms. The second-order valence-corrected chi connectivity index (χ2v) is 7.38. The maximum absolute atomic E-state index is 12.5. The number of hydrogen-bond acceptors (Lipinski definition) is 3. The summed E-state index contributed by atoms with van der Waals surface area (Å²) in [6, 6.07) is 17.1. The third-order valence-electron chi connectivity index (χ3n) is 5.28. The number of ether oxygens (including phenoxy) is 1. The first kappa shape index (κ1) is 20.7. The van der Waals surface area contributed by atoms with Crippen LogP contribution in [0.15, 0.2) is 54.6 Å². The van der Waals surface area contributed by atoms with E-state index in [1.807, 2.05) is 59.5 Å². The number of amides is 3. The van der Waals surface area contributed by atoms with Crippen molar-refractivity contribution in [2.24, 2.45) is 5.92 Å². The van der Waals surface area contributed by atoms with Crippen molar-refractivity contribution >= 4 is 17.6 Å². The van der Waals surface area contributed by atoms with Gasteiger partial charge in [0.05, 0.1) is 7.11 Å². The molecular formula is C23H29N3O3. The van der Waals surface area contributed by atoms with Crippen LogP contribution in [0.3, 0.4) is 0 Å². The highest BCUT2D eigenvalue weighted by Gasteiger charge is 2.24. The van der Waals surface area contributed by atoms with Crippen LogP contribution in [-0.4, -0.2) is 37.0 Å². The van der Waals surface area contributed by atoms with Crippen LogP contribution in [0, 0.1) is 5.92 Å². The molecule has 0 radical (unpaired) electrons. The van der Waals surface area contributed by atoms with Crippen LogP contribution in [0.4, 0.5) is 10.5 Å². The number of carbonyl (C=O) groups is 2. The number of piperidine rings is 1. The summed E-state index contributed by atoms with van der Waals surface area (Å²) >= 11 is 0. The summed E-state index contributed by atoms with van der Waals surface area (Å²) in [5.74, 6) is 1.16. The molecule has 1 heterocycles. The number of carbonyl (C=O) groups excluding carboxylic acids is 2. The lowest BCUT2D eigenvalue weighted by Crippen LogP contribution is -2.42. The molecule has 1 fully saturated rings. The maximum atomic E-state index is 12.5. The molecule has 3 rings (SSSR count). The fourth-order valence-electron chi connectivity index (χ4n) is 3.68. The second kappa shape index (κ2) is 10.5. The van der Waals surface area contributed by atoms with E-state index in [-0.39, 0.29) is 11.9 Å². The predicted molar refractivity (Wildman–Crippen MR) is 114 cm³/mol. The van der Waals surface area contributed by atoms with Crippen LogP contribution in [0.25, 0.3) is 0 Å². The molecule has 2 N–H and O–H groups in total. The Morgan fingerprint density at radius 2 is 1.86 bits per heavy atom. The van der Waals surface area contributed by atoms with Gasteiger partial charge in [-0.15, -0.1) is 0 Å². The number of rotatable bonds is 7. The van der Waals surface area contributed by atoms with Gasteiger partial charge in [-0.05, 0) is 43.4 Å².